The minimum Gasteiger partial charge on any atom is -0.496 e. The molecule has 0 spiro atoms. The van der Waals surface area contributed by atoms with Crippen molar-refractivity contribution in [3.8, 4) is 11.5 Å². The monoisotopic (exact) mass is 356 g/mol. The van der Waals surface area contributed by atoms with E-state index in [1.165, 1.54) is 6.07 Å². The molecule has 0 N–H and O–H groups in total. The van der Waals surface area contributed by atoms with Crippen LogP contribution in [0, 0.1) is 0 Å². The van der Waals surface area contributed by atoms with Gasteiger partial charge < -0.3 is 9.47 Å². The largest absolute Gasteiger partial charge is 0.496 e. The molecule has 0 heterocycles. The third kappa shape index (κ3) is 4.43. The Bertz CT molecular complexity index is 590. The predicted molar refractivity (Wildman–Crippen MR) is 81.4 cm³/mol. The van der Waals surface area contributed by atoms with Crippen LogP contribution in [-0.4, -0.2) is 13.7 Å². The van der Waals surface area contributed by atoms with E-state index in [1.807, 2.05) is 30.3 Å². The fourth-order valence-electron chi connectivity index (χ4n) is 2.07. The van der Waals surface area contributed by atoms with Crippen molar-refractivity contribution in [3.63, 3.8) is 0 Å². The SMILES string of the molecule is COc1ccccc1CC(Br)c1cccc(OC(F)F)c1. The number of para-hydroxylation sites is 1. The summed E-state index contributed by atoms with van der Waals surface area (Å²) >= 11 is 3.59. The molecular weight excluding hydrogens is 342 g/mol. The van der Waals surface area contributed by atoms with Crippen molar-refractivity contribution in [1.29, 1.82) is 0 Å². The standard InChI is InChI=1S/C16H15BrF2O2/c1-20-15-8-3-2-5-12(15)10-14(17)11-6-4-7-13(9-11)21-16(18)19/h2-9,14,16H,10H2,1H3. The van der Waals surface area contributed by atoms with E-state index >= 15 is 0 Å². The molecule has 1 atom stereocenters. The van der Waals surface area contributed by atoms with E-state index < -0.39 is 6.61 Å². The van der Waals surface area contributed by atoms with Gasteiger partial charge in [0.25, 0.3) is 0 Å². The highest BCUT2D eigenvalue weighted by Gasteiger charge is 2.13. The number of rotatable bonds is 6. The highest BCUT2D eigenvalue weighted by molar-refractivity contribution is 9.09. The zero-order chi connectivity index (χ0) is 15.2. The van der Waals surface area contributed by atoms with E-state index in [0.29, 0.717) is 6.42 Å². The quantitative estimate of drug-likeness (QED) is 0.680. The number of hydrogen-bond donors (Lipinski definition) is 0. The van der Waals surface area contributed by atoms with Gasteiger partial charge in [-0.15, -0.1) is 0 Å². The molecule has 0 bridgehead atoms. The van der Waals surface area contributed by atoms with E-state index in [2.05, 4.69) is 20.7 Å². The Morgan fingerprint density at radius 3 is 2.57 bits per heavy atom. The summed E-state index contributed by atoms with van der Waals surface area (Å²) in [4.78, 5) is -0.0185. The predicted octanol–water partition coefficient (Wildman–Crippen LogP) is 4.98. The number of alkyl halides is 3. The van der Waals surface area contributed by atoms with Gasteiger partial charge in [0.1, 0.15) is 11.5 Å². The van der Waals surface area contributed by atoms with Crippen molar-refractivity contribution in [2.45, 2.75) is 17.9 Å². The Morgan fingerprint density at radius 1 is 1.10 bits per heavy atom. The molecule has 2 rings (SSSR count). The lowest BCUT2D eigenvalue weighted by atomic mass is 10.0. The lowest BCUT2D eigenvalue weighted by molar-refractivity contribution is -0.0498. The minimum atomic E-state index is -2.82. The molecule has 5 heteroatoms. The lowest BCUT2D eigenvalue weighted by Crippen LogP contribution is -2.03. The first-order chi connectivity index (χ1) is 10.1. The van der Waals surface area contributed by atoms with Gasteiger partial charge in [-0.05, 0) is 35.7 Å². The topological polar surface area (TPSA) is 18.5 Å². The molecule has 112 valence electrons. The Morgan fingerprint density at radius 2 is 1.86 bits per heavy atom. The van der Waals surface area contributed by atoms with Gasteiger partial charge in [0.05, 0.1) is 7.11 Å². The van der Waals surface area contributed by atoms with E-state index in [0.717, 1.165) is 16.9 Å². The molecule has 0 aliphatic rings. The first kappa shape index (κ1) is 15.8. The van der Waals surface area contributed by atoms with Gasteiger partial charge in [-0.25, -0.2) is 0 Å². The Hall–Kier alpha value is -1.62. The average Bonchev–Trinajstić information content (AvgIpc) is 2.47. The molecule has 0 amide bonds. The summed E-state index contributed by atoms with van der Waals surface area (Å²) in [6, 6.07) is 14.4. The molecule has 0 saturated heterocycles. The molecule has 0 fully saturated rings. The van der Waals surface area contributed by atoms with Gasteiger partial charge in [-0.3, -0.25) is 0 Å². The van der Waals surface area contributed by atoms with Crippen molar-refractivity contribution in [2.75, 3.05) is 7.11 Å². The average molecular weight is 357 g/mol. The van der Waals surface area contributed by atoms with Crippen LogP contribution < -0.4 is 9.47 Å². The summed E-state index contributed by atoms with van der Waals surface area (Å²) < 4.78 is 34.2. The maximum absolute atomic E-state index is 12.2. The Kier molecular flexibility index (Phi) is 5.56. The zero-order valence-corrected chi connectivity index (χ0v) is 13.0. The summed E-state index contributed by atoms with van der Waals surface area (Å²) in [7, 11) is 1.62. The smallest absolute Gasteiger partial charge is 0.387 e. The van der Waals surface area contributed by atoms with Crippen molar-refractivity contribution >= 4 is 15.9 Å². The summed E-state index contributed by atoms with van der Waals surface area (Å²) in [6.45, 7) is -2.82. The second-order valence-corrected chi connectivity index (χ2v) is 5.54. The first-order valence-corrected chi connectivity index (χ1v) is 7.32. The molecule has 0 aliphatic heterocycles. The molecule has 0 saturated carbocycles. The number of ether oxygens (including phenoxy) is 2. The van der Waals surface area contributed by atoms with Crippen LogP contribution in [0.4, 0.5) is 8.78 Å². The Balaban J connectivity index is 2.14. The van der Waals surface area contributed by atoms with E-state index in [4.69, 9.17) is 4.74 Å². The summed E-state index contributed by atoms with van der Waals surface area (Å²) in [5.74, 6) is 0.967. The first-order valence-electron chi connectivity index (χ1n) is 6.41. The van der Waals surface area contributed by atoms with Gasteiger partial charge in [0.15, 0.2) is 0 Å². The maximum atomic E-state index is 12.2. The van der Waals surface area contributed by atoms with Crippen molar-refractivity contribution in [2.24, 2.45) is 0 Å². The third-order valence-corrected chi connectivity index (χ3v) is 3.89. The van der Waals surface area contributed by atoms with Gasteiger partial charge in [-0.2, -0.15) is 8.78 Å². The van der Waals surface area contributed by atoms with E-state index in [-0.39, 0.29) is 10.6 Å². The normalized spacial score (nSPS) is 12.2. The van der Waals surface area contributed by atoms with Gasteiger partial charge in [0, 0.05) is 4.83 Å². The highest BCUT2D eigenvalue weighted by atomic mass is 79.9. The van der Waals surface area contributed by atoms with Crippen molar-refractivity contribution in [1.82, 2.24) is 0 Å². The van der Waals surface area contributed by atoms with Crippen LogP contribution in [0.25, 0.3) is 0 Å². The number of methoxy groups -OCH3 is 1. The molecule has 2 nitrogen and oxygen atoms in total. The highest BCUT2D eigenvalue weighted by Crippen LogP contribution is 2.32. The molecule has 0 aliphatic carbocycles. The number of hydrogen-bond acceptors (Lipinski definition) is 2. The molecule has 0 aromatic heterocycles. The summed E-state index contributed by atoms with van der Waals surface area (Å²) in [5, 5.41) is 0. The summed E-state index contributed by atoms with van der Waals surface area (Å²) in [6.07, 6.45) is 0.683. The van der Waals surface area contributed by atoms with Gasteiger partial charge in [-0.1, -0.05) is 46.3 Å². The second-order valence-electron chi connectivity index (χ2n) is 4.43. The fourth-order valence-corrected chi connectivity index (χ4v) is 2.70. The maximum Gasteiger partial charge on any atom is 0.387 e. The van der Waals surface area contributed by atoms with Crippen LogP contribution in [-0.2, 0) is 6.42 Å². The Labute approximate surface area is 130 Å². The molecule has 2 aromatic carbocycles. The van der Waals surface area contributed by atoms with Crippen molar-refractivity contribution in [3.05, 3.63) is 59.7 Å². The number of benzene rings is 2. The second kappa shape index (κ2) is 7.41. The number of halogens is 3. The fraction of sp³-hybridized carbons (Fsp3) is 0.250. The van der Waals surface area contributed by atoms with Crippen LogP contribution in [0.5, 0.6) is 11.5 Å². The van der Waals surface area contributed by atoms with Crippen LogP contribution in [0.2, 0.25) is 0 Å². The molecular formula is C16H15BrF2O2. The minimum absolute atomic E-state index is 0.0185. The van der Waals surface area contributed by atoms with Crippen LogP contribution in [0.3, 0.4) is 0 Å². The lowest BCUT2D eigenvalue weighted by Gasteiger charge is -2.14. The van der Waals surface area contributed by atoms with Crippen LogP contribution >= 0.6 is 15.9 Å². The van der Waals surface area contributed by atoms with Crippen molar-refractivity contribution < 1.29 is 18.3 Å². The molecule has 0 radical (unpaired) electrons. The van der Waals surface area contributed by atoms with E-state index in [1.54, 1.807) is 19.2 Å². The third-order valence-electron chi connectivity index (χ3n) is 3.04. The van der Waals surface area contributed by atoms with Gasteiger partial charge in [0.2, 0.25) is 0 Å². The summed E-state index contributed by atoms with van der Waals surface area (Å²) in [5.41, 5.74) is 1.92. The van der Waals surface area contributed by atoms with Crippen LogP contribution in [0.15, 0.2) is 48.5 Å². The zero-order valence-electron chi connectivity index (χ0n) is 11.4. The van der Waals surface area contributed by atoms with Gasteiger partial charge >= 0.3 is 6.61 Å². The molecule has 1 unspecified atom stereocenters. The molecule has 2 aromatic rings. The van der Waals surface area contributed by atoms with Crippen LogP contribution in [0.1, 0.15) is 16.0 Å². The molecule has 21 heavy (non-hydrogen) atoms. The van der Waals surface area contributed by atoms with E-state index in [9.17, 15) is 8.78 Å².